The van der Waals surface area contributed by atoms with Crippen LogP contribution < -0.4 is 5.32 Å². The summed E-state index contributed by atoms with van der Waals surface area (Å²) in [5.74, 6) is 1.78. The van der Waals surface area contributed by atoms with Gasteiger partial charge in [0.05, 0.1) is 6.54 Å². The van der Waals surface area contributed by atoms with E-state index in [1.807, 2.05) is 24.3 Å². The summed E-state index contributed by atoms with van der Waals surface area (Å²) >= 11 is 0. The van der Waals surface area contributed by atoms with Crippen molar-refractivity contribution in [1.82, 2.24) is 10.2 Å². The van der Waals surface area contributed by atoms with E-state index in [0.29, 0.717) is 17.8 Å². The smallest absolute Gasteiger partial charge is 0.319 e. The lowest BCUT2D eigenvalue weighted by atomic mass is 9.48. The van der Waals surface area contributed by atoms with Crippen LogP contribution in [0.1, 0.15) is 69.9 Å². The third kappa shape index (κ3) is 3.00. The predicted octanol–water partition coefficient (Wildman–Crippen LogP) is 4.19. The highest BCUT2D eigenvalue weighted by Crippen LogP contribution is 2.60. The largest absolute Gasteiger partial charge is 0.325 e. The number of hydrogen-bond donors (Lipinski definition) is 1. The molecule has 6 rings (SSSR count). The lowest BCUT2D eigenvalue weighted by molar-refractivity contribution is -0.147. The molecule has 1 aromatic carbocycles. The molecular weight excluding hydrogens is 376 g/mol. The van der Waals surface area contributed by atoms with Gasteiger partial charge in [0.1, 0.15) is 5.54 Å². The van der Waals surface area contributed by atoms with Gasteiger partial charge >= 0.3 is 6.03 Å². The zero-order valence-corrected chi connectivity index (χ0v) is 18.1. The Kier molecular flexibility index (Phi) is 4.57. The fourth-order valence-corrected chi connectivity index (χ4v) is 7.09. The second-order valence-electron chi connectivity index (χ2n) is 10.5. The van der Waals surface area contributed by atoms with Gasteiger partial charge in [-0.15, -0.1) is 0 Å². The van der Waals surface area contributed by atoms with Gasteiger partial charge in [-0.05, 0) is 80.8 Å². The number of nitrogens with zero attached hydrogens (tertiary/aromatic N) is 1. The molecule has 5 aliphatic rings. The molecular formula is C25H32N2O3. The minimum Gasteiger partial charge on any atom is -0.319 e. The van der Waals surface area contributed by atoms with Crippen molar-refractivity contribution < 1.29 is 14.4 Å². The van der Waals surface area contributed by atoms with E-state index in [-0.39, 0.29) is 23.7 Å². The van der Waals surface area contributed by atoms with Crippen molar-refractivity contribution in [3.8, 4) is 0 Å². The van der Waals surface area contributed by atoms with E-state index in [0.717, 1.165) is 37.7 Å². The van der Waals surface area contributed by atoms with Gasteiger partial charge in [-0.2, -0.15) is 0 Å². The van der Waals surface area contributed by atoms with Crippen molar-refractivity contribution in [2.75, 3.05) is 6.54 Å². The first-order valence-electron chi connectivity index (χ1n) is 11.6. The number of urea groups is 1. The minimum atomic E-state index is -1.11. The van der Waals surface area contributed by atoms with Crippen LogP contribution in [0.3, 0.4) is 0 Å². The number of carbonyl (C=O) groups excluding carboxylic acids is 3. The number of rotatable bonds is 6. The minimum absolute atomic E-state index is 0.0830. The Morgan fingerprint density at radius 3 is 2.13 bits per heavy atom. The molecule has 5 heteroatoms. The first-order chi connectivity index (χ1) is 14.3. The van der Waals surface area contributed by atoms with Crippen LogP contribution in [0.5, 0.6) is 0 Å². The number of amides is 3. The molecule has 4 saturated carbocycles. The van der Waals surface area contributed by atoms with Gasteiger partial charge in [0.25, 0.3) is 5.91 Å². The van der Waals surface area contributed by atoms with Crippen LogP contribution in [0.15, 0.2) is 24.3 Å². The van der Waals surface area contributed by atoms with Crippen LogP contribution in [0.4, 0.5) is 4.79 Å². The molecule has 4 bridgehead atoms. The summed E-state index contributed by atoms with van der Waals surface area (Å²) in [5, 5.41) is 2.86. The summed E-state index contributed by atoms with van der Waals surface area (Å²) in [4.78, 5) is 40.7. The van der Waals surface area contributed by atoms with E-state index in [2.05, 4.69) is 12.2 Å². The first kappa shape index (κ1) is 19.8. The number of hydrogen-bond acceptors (Lipinski definition) is 3. The number of benzene rings is 1. The van der Waals surface area contributed by atoms with Crippen molar-refractivity contribution in [1.29, 1.82) is 0 Å². The first-order valence-corrected chi connectivity index (χ1v) is 11.6. The number of nitrogens with one attached hydrogen (secondary N) is 1. The molecule has 1 heterocycles. The number of ketones is 1. The molecule has 1 atom stereocenters. The fourth-order valence-electron chi connectivity index (χ4n) is 7.09. The maximum absolute atomic E-state index is 13.4. The Balaban J connectivity index is 1.34. The summed E-state index contributed by atoms with van der Waals surface area (Å²) < 4.78 is 0. The second kappa shape index (κ2) is 6.93. The summed E-state index contributed by atoms with van der Waals surface area (Å²) in [5.41, 5.74) is 0.584. The molecule has 1 saturated heterocycles. The molecule has 30 heavy (non-hydrogen) atoms. The SMILES string of the molecule is CCCc1ccc([C@]2(C)NC(=O)N(CC(=O)C34CC5CC(CC(C5)C3)C4)C2=O)cc1. The predicted molar refractivity (Wildman–Crippen MR) is 114 cm³/mol. The van der Waals surface area contributed by atoms with Gasteiger partial charge in [0, 0.05) is 5.41 Å². The summed E-state index contributed by atoms with van der Waals surface area (Å²) in [6.45, 7) is 3.80. The average Bonchev–Trinajstić information content (AvgIpc) is 2.91. The topological polar surface area (TPSA) is 66.5 Å². The van der Waals surface area contributed by atoms with E-state index in [1.165, 1.54) is 29.7 Å². The Hall–Kier alpha value is -2.17. The molecule has 1 N–H and O–H groups in total. The quantitative estimate of drug-likeness (QED) is 0.718. The highest BCUT2D eigenvalue weighted by molar-refractivity contribution is 6.09. The molecule has 0 unspecified atom stereocenters. The molecule has 4 aliphatic carbocycles. The van der Waals surface area contributed by atoms with Crippen LogP contribution >= 0.6 is 0 Å². The van der Waals surface area contributed by atoms with Gasteiger partial charge in [-0.3, -0.25) is 14.5 Å². The lowest BCUT2D eigenvalue weighted by Gasteiger charge is -2.56. The van der Waals surface area contributed by atoms with Crippen LogP contribution in [-0.4, -0.2) is 29.2 Å². The molecule has 0 radical (unpaired) electrons. The molecule has 160 valence electrons. The highest BCUT2D eigenvalue weighted by atomic mass is 16.2. The fraction of sp³-hybridized carbons (Fsp3) is 0.640. The van der Waals surface area contributed by atoms with Gasteiger partial charge in [-0.25, -0.2) is 4.79 Å². The highest BCUT2D eigenvalue weighted by Gasteiger charge is 2.56. The van der Waals surface area contributed by atoms with Crippen LogP contribution in [-0.2, 0) is 21.5 Å². The van der Waals surface area contributed by atoms with Crippen LogP contribution in [0.2, 0.25) is 0 Å². The molecule has 5 nitrogen and oxygen atoms in total. The van der Waals surface area contributed by atoms with Gasteiger partial charge < -0.3 is 5.32 Å². The monoisotopic (exact) mass is 408 g/mol. The summed E-state index contributed by atoms with van der Waals surface area (Å²) in [6.07, 6.45) is 8.72. The molecule has 3 amide bonds. The van der Waals surface area contributed by atoms with Crippen molar-refractivity contribution in [3.63, 3.8) is 0 Å². The number of carbonyl (C=O) groups is 3. The molecule has 0 aromatic heterocycles. The maximum atomic E-state index is 13.4. The van der Waals surface area contributed by atoms with Crippen molar-refractivity contribution >= 4 is 17.7 Å². The molecule has 5 fully saturated rings. The average molecular weight is 409 g/mol. The third-order valence-electron chi connectivity index (χ3n) is 8.28. The maximum Gasteiger partial charge on any atom is 0.325 e. The normalized spacial score (nSPS) is 37.0. The lowest BCUT2D eigenvalue weighted by Crippen LogP contribution is -2.53. The Bertz CT molecular complexity index is 855. The van der Waals surface area contributed by atoms with Crippen molar-refractivity contribution in [2.24, 2.45) is 23.2 Å². The van der Waals surface area contributed by atoms with Crippen LogP contribution in [0, 0.1) is 23.2 Å². The van der Waals surface area contributed by atoms with Gasteiger partial charge in [0.15, 0.2) is 5.78 Å². The standard InChI is InChI=1S/C25H32N2O3/c1-3-4-16-5-7-20(8-6-16)24(2)22(29)27(23(30)26-24)15-21(28)25-12-17-9-18(13-25)11-19(10-17)14-25/h5-8,17-19H,3-4,9-15H2,1-2H3,(H,26,30)/t17?,18?,19?,24-,25?/m0/s1. The Labute approximate surface area is 178 Å². The van der Waals surface area contributed by atoms with E-state index in [4.69, 9.17) is 0 Å². The van der Waals surface area contributed by atoms with Crippen molar-refractivity contribution in [2.45, 2.75) is 70.8 Å². The summed E-state index contributed by atoms with van der Waals surface area (Å²) in [7, 11) is 0. The number of aryl methyl sites for hydroxylation is 1. The molecule has 1 aromatic rings. The van der Waals surface area contributed by atoms with Gasteiger partial charge in [0.2, 0.25) is 0 Å². The van der Waals surface area contributed by atoms with Crippen molar-refractivity contribution in [3.05, 3.63) is 35.4 Å². The van der Waals surface area contributed by atoms with Crippen LogP contribution in [0.25, 0.3) is 0 Å². The van der Waals surface area contributed by atoms with E-state index in [9.17, 15) is 14.4 Å². The Morgan fingerprint density at radius 2 is 1.60 bits per heavy atom. The van der Waals surface area contributed by atoms with Gasteiger partial charge in [-0.1, -0.05) is 37.6 Å². The number of imide groups is 1. The third-order valence-corrected chi connectivity index (χ3v) is 8.28. The zero-order chi connectivity index (χ0) is 21.1. The van der Waals surface area contributed by atoms with E-state index >= 15 is 0 Å². The summed E-state index contributed by atoms with van der Waals surface area (Å²) in [6, 6.07) is 7.44. The Morgan fingerprint density at radius 1 is 1.03 bits per heavy atom. The van der Waals surface area contributed by atoms with E-state index < -0.39 is 11.6 Å². The molecule has 1 aliphatic heterocycles. The van der Waals surface area contributed by atoms with E-state index in [1.54, 1.807) is 6.92 Å². The zero-order valence-electron chi connectivity index (χ0n) is 18.1. The number of Topliss-reactive ketones (excluding diaryl/α,β-unsaturated/α-hetero) is 1. The molecule has 0 spiro atoms. The second-order valence-corrected chi connectivity index (χ2v) is 10.5.